The first-order valence-electron chi connectivity index (χ1n) is 4.26. The van der Waals surface area contributed by atoms with Crippen LogP contribution in [0, 0.1) is 0 Å². The molecule has 11 heavy (non-hydrogen) atoms. The molecule has 0 aromatic rings. The lowest BCUT2D eigenvalue weighted by molar-refractivity contribution is 0.210. The Bertz CT molecular complexity index is 175. The molecule has 2 rings (SSSR count). The fourth-order valence-electron chi connectivity index (χ4n) is 1.99. The standard InChI is InChI=1S/C8H13NOS/c11-7-9-8(6-10-7)4-2-1-3-5-8/h1-6H2,(H,9,11). The van der Waals surface area contributed by atoms with E-state index in [0.717, 1.165) is 6.61 Å². The molecule has 1 spiro atoms. The third-order valence-electron chi connectivity index (χ3n) is 2.66. The summed E-state index contributed by atoms with van der Waals surface area (Å²) in [6.45, 7) is 0.797. The lowest BCUT2D eigenvalue weighted by Crippen LogP contribution is -2.44. The first-order chi connectivity index (χ1) is 5.31. The molecular weight excluding hydrogens is 158 g/mol. The Kier molecular flexibility index (Phi) is 1.75. The maximum Gasteiger partial charge on any atom is 0.257 e. The first-order valence-corrected chi connectivity index (χ1v) is 4.67. The Balaban J connectivity index is 2.03. The molecule has 1 aliphatic carbocycles. The van der Waals surface area contributed by atoms with Crippen LogP contribution < -0.4 is 5.32 Å². The van der Waals surface area contributed by atoms with E-state index in [1.54, 1.807) is 0 Å². The number of nitrogens with one attached hydrogen (secondary N) is 1. The highest BCUT2D eigenvalue weighted by Gasteiger charge is 2.38. The molecule has 0 radical (unpaired) electrons. The molecule has 2 aliphatic rings. The Morgan fingerprint density at radius 1 is 1.27 bits per heavy atom. The lowest BCUT2D eigenvalue weighted by atomic mass is 9.83. The summed E-state index contributed by atoms with van der Waals surface area (Å²) in [4.78, 5) is 0. The molecule has 1 N–H and O–H groups in total. The quantitative estimate of drug-likeness (QED) is 0.559. The van der Waals surface area contributed by atoms with Crippen molar-refractivity contribution >= 4 is 17.4 Å². The van der Waals surface area contributed by atoms with Gasteiger partial charge in [0.15, 0.2) is 0 Å². The number of hydrogen-bond acceptors (Lipinski definition) is 2. The molecule has 0 aromatic heterocycles. The van der Waals surface area contributed by atoms with Crippen molar-refractivity contribution in [1.29, 1.82) is 0 Å². The molecule has 3 heteroatoms. The fraction of sp³-hybridized carbons (Fsp3) is 0.875. The largest absolute Gasteiger partial charge is 0.469 e. The summed E-state index contributed by atoms with van der Waals surface area (Å²) in [7, 11) is 0. The molecule has 1 aliphatic heterocycles. The van der Waals surface area contributed by atoms with Gasteiger partial charge in [0.25, 0.3) is 5.17 Å². The van der Waals surface area contributed by atoms with E-state index in [4.69, 9.17) is 17.0 Å². The van der Waals surface area contributed by atoms with E-state index in [1.165, 1.54) is 32.1 Å². The zero-order valence-electron chi connectivity index (χ0n) is 6.56. The summed E-state index contributed by atoms with van der Waals surface area (Å²) in [5.74, 6) is 0. The van der Waals surface area contributed by atoms with Gasteiger partial charge in [0.2, 0.25) is 0 Å². The number of rotatable bonds is 0. The first kappa shape index (κ1) is 7.35. The lowest BCUT2D eigenvalue weighted by Gasteiger charge is -2.30. The van der Waals surface area contributed by atoms with Gasteiger partial charge >= 0.3 is 0 Å². The predicted octanol–water partition coefficient (Wildman–Crippen LogP) is 1.59. The van der Waals surface area contributed by atoms with Gasteiger partial charge in [-0.3, -0.25) is 0 Å². The Morgan fingerprint density at radius 2 is 2.00 bits per heavy atom. The van der Waals surface area contributed by atoms with Gasteiger partial charge in [-0.05, 0) is 25.1 Å². The SMILES string of the molecule is S=C1NC2(CCCCC2)CO1. The topological polar surface area (TPSA) is 21.3 Å². The zero-order valence-corrected chi connectivity index (χ0v) is 7.38. The maximum absolute atomic E-state index is 5.27. The molecule has 1 heterocycles. The van der Waals surface area contributed by atoms with Crippen LogP contribution in [0.25, 0.3) is 0 Å². The van der Waals surface area contributed by atoms with Gasteiger partial charge in [0.1, 0.15) is 6.61 Å². The van der Waals surface area contributed by atoms with E-state index in [2.05, 4.69) is 5.32 Å². The molecule has 2 nitrogen and oxygen atoms in total. The van der Waals surface area contributed by atoms with Crippen molar-refractivity contribution in [2.24, 2.45) is 0 Å². The molecule has 62 valence electrons. The van der Waals surface area contributed by atoms with Gasteiger partial charge in [0, 0.05) is 0 Å². The van der Waals surface area contributed by atoms with Crippen molar-refractivity contribution < 1.29 is 4.74 Å². The van der Waals surface area contributed by atoms with E-state index in [0.29, 0.717) is 5.17 Å². The zero-order chi connectivity index (χ0) is 7.73. The van der Waals surface area contributed by atoms with Crippen LogP contribution in [0.3, 0.4) is 0 Å². The van der Waals surface area contributed by atoms with E-state index < -0.39 is 0 Å². The predicted molar refractivity (Wildman–Crippen MR) is 47.5 cm³/mol. The van der Waals surface area contributed by atoms with Crippen molar-refractivity contribution in [3.05, 3.63) is 0 Å². The van der Waals surface area contributed by atoms with Gasteiger partial charge in [0.05, 0.1) is 5.54 Å². The molecule has 2 fully saturated rings. The van der Waals surface area contributed by atoms with Crippen LogP contribution in [-0.2, 0) is 4.74 Å². The van der Waals surface area contributed by atoms with E-state index in [-0.39, 0.29) is 5.54 Å². The third kappa shape index (κ3) is 1.34. The Morgan fingerprint density at radius 3 is 2.55 bits per heavy atom. The van der Waals surface area contributed by atoms with Gasteiger partial charge < -0.3 is 10.1 Å². The highest BCUT2D eigenvalue weighted by Crippen LogP contribution is 2.31. The second-order valence-corrected chi connectivity index (χ2v) is 3.91. The summed E-state index contributed by atoms with van der Waals surface area (Å²) in [5.41, 5.74) is 0.231. The van der Waals surface area contributed by atoms with Gasteiger partial charge in [-0.25, -0.2) is 0 Å². The van der Waals surface area contributed by atoms with Crippen molar-refractivity contribution in [1.82, 2.24) is 5.32 Å². The summed E-state index contributed by atoms with van der Waals surface area (Å²) in [6, 6.07) is 0. The molecule has 0 bridgehead atoms. The monoisotopic (exact) mass is 171 g/mol. The fourth-order valence-corrected chi connectivity index (χ4v) is 2.27. The Hall–Kier alpha value is -0.310. The molecule has 0 aromatic carbocycles. The minimum Gasteiger partial charge on any atom is -0.469 e. The summed E-state index contributed by atoms with van der Waals surface area (Å²) in [6.07, 6.45) is 6.47. The van der Waals surface area contributed by atoms with E-state index in [9.17, 15) is 0 Å². The average Bonchev–Trinajstić information content (AvgIpc) is 2.34. The molecule has 0 atom stereocenters. The van der Waals surface area contributed by atoms with Crippen molar-refractivity contribution in [2.45, 2.75) is 37.6 Å². The van der Waals surface area contributed by atoms with Crippen LogP contribution in [0.2, 0.25) is 0 Å². The average molecular weight is 171 g/mol. The number of hydrogen-bond donors (Lipinski definition) is 1. The highest BCUT2D eigenvalue weighted by molar-refractivity contribution is 7.80. The minimum absolute atomic E-state index is 0.231. The second-order valence-electron chi connectivity index (χ2n) is 3.54. The van der Waals surface area contributed by atoms with Crippen molar-refractivity contribution in [2.75, 3.05) is 6.61 Å². The molecule has 1 saturated carbocycles. The summed E-state index contributed by atoms with van der Waals surface area (Å²) in [5, 5.41) is 3.88. The van der Waals surface area contributed by atoms with Gasteiger partial charge in [-0.15, -0.1) is 0 Å². The normalized spacial score (nSPS) is 28.2. The summed E-state index contributed by atoms with van der Waals surface area (Å²) < 4.78 is 5.27. The third-order valence-corrected chi connectivity index (χ3v) is 2.88. The van der Waals surface area contributed by atoms with Crippen molar-refractivity contribution in [3.8, 4) is 0 Å². The van der Waals surface area contributed by atoms with Crippen molar-refractivity contribution in [3.63, 3.8) is 0 Å². The molecule has 0 amide bonds. The maximum atomic E-state index is 5.27. The van der Waals surface area contributed by atoms with Crippen LogP contribution in [0.15, 0.2) is 0 Å². The molecular formula is C8H13NOS. The minimum atomic E-state index is 0.231. The van der Waals surface area contributed by atoms with E-state index in [1.807, 2.05) is 0 Å². The molecule has 1 saturated heterocycles. The van der Waals surface area contributed by atoms with Gasteiger partial charge in [-0.2, -0.15) is 0 Å². The van der Waals surface area contributed by atoms with E-state index >= 15 is 0 Å². The molecule has 0 unspecified atom stereocenters. The van der Waals surface area contributed by atoms with Crippen LogP contribution >= 0.6 is 12.2 Å². The van der Waals surface area contributed by atoms with Crippen LogP contribution in [-0.4, -0.2) is 17.3 Å². The highest BCUT2D eigenvalue weighted by atomic mass is 32.1. The van der Waals surface area contributed by atoms with Crippen LogP contribution in [0.1, 0.15) is 32.1 Å². The van der Waals surface area contributed by atoms with Crippen LogP contribution in [0.5, 0.6) is 0 Å². The number of ether oxygens (including phenoxy) is 1. The van der Waals surface area contributed by atoms with Gasteiger partial charge in [-0.1, -0.05) is 19.3 Å². The second kappa shape index (κ2) is 2.63. The number of thiocarbonyl (C=S) groups is 1. The van der Waals surface area contributed by atoms with Crippen LogP contribution in [0.4, 0.5) is 0 Å². The Labute approximate surface area is 72.3 Å². The summed E-state index contributed by atoms with van der Waals surface area (Å²) >= 11 is 4.94. The smallest absolute Gasteiger partial charge is 0.257 e.